The molecule has 124 valence electrons. The van der Waals surface area contributed by atoms with Gasteiger partial charge < -0.3 is 5.32 Å². The molecule has 4 aromatic heterocycles. The average Bonchev–Trinajstić information content (AvgIpc) is 3.13. The predicted molar refractivity (Wildman–Crippen MR) is 95.0 cm³/mol. The van der Waals surface area contributed by atoms with E-state index < -0.39 is 0 Å². The Morgan fingerprint density at radius 3 is 2.75 bits per heavy atom. The zero-order chi connectivity index (χ0) is 16.8. The Balaban J connectivity index is 1.53. The van der Waals surface area contributed by atoms with E-state index in [2.05, 4.69) is 32.4 Å². The molecule has 0 unspecified atom stereocenters. The number of fused-ring (bicyclic) bond motifs is 2. The van der Waals surface area contributed by atoms with Crippen LogP contribution in [-0.2, 0) is 6.42 Å². The van der Waals surface area contributed by atoms with Gasteiger partial charge in [0.2, 0.25) is 4.96 Å². The third kappa shape index (κ3) is 2.52. The highest BCUT2D eigenvalue weighted by molar-refractivity contribution is 7.16. The number of nitrogens with one attached hydrogen (secondary N) is 1. The van der Waals surface area contributed by atoms with E-state index in [9.17, 15) is 0 Å². The quantitative estimate of drug-likeness (QED) is 0.618. The van der Waals surface area contributed by atoms with Crippen molar-refractivity contribution in [3.8, 4) is 0 Å². The van der Waals surface area contributed by atoms with Crippen molar-refractivity contribution in [3.05, 3.63) is 39.9 Å². The average molecular weight is 341 g/mol. The molecule has 7 nitrogen and oxygen atoms in total. The minimum atomic E-state index is 0.778. The lowest BCUT2D eigenvalue weighted by molar-refractivity contribution is 0.884. The molecule has 0 spiro atoms. The summed E-state index contributed by atoms with van der Waals surface area (Å²) in [5.41, 5.74) is 5.06. The Labute approximate surface area is 143 Å². The largest absolute Gasteiger partial charge is 0.370 e. The lowest BCUT2D eigenvalue weighted by Crippen LogP contribution is -2.10. The molecule has 0 saturated heterocycles. The van der Waals surface area contributed by atoms with Crippen molar-refractivity contribution in [3.63, 3.8) is 0 Å². The van der Waals surface area contributed by atoms with E-state index in [4.69, 9.17) is 0 Å². The molecule has 8 heteroatoms. The Morgan fingerprint density at radius 1 is 1.12 bits per heavy atom. The number of hydrogen-bond donors (Lipinski definition) is 1. The second-order valence-corrected chi connectivity index (χ2v) is 7.15. The van der Waals surface area contributed by atoms with Crippen LogP contribution in [0.4, 0.5) is 5.82 Å². The van der Waals surface area contributed by atoms with Gasteiger partial charge in [0.15, 0.2) is 5.65 Å². The van der Waals surface area contributed by atoms with Crippen molar-refractivity contribution in [2.24, 2.45) is 0 Å². The molecular weight excluding hydrogens is 322 g/mol. The first kappa shape index (κ1) is 15.1. The van der Waals surface area contributed by atoms with Gasteiger partial charge in [-0.05, 0) is 27.7 Å². The first-order valence-corrected chi connectivity index (χ1v) is 8.72. The highest BCUT2D eigenvalue weighted by Crippen LogP contribution is 2.18. The number of aryl methyl sites for hydroxylation is 4. The van der Waals surface area contributed by atoms with Gasteiger partial charge >= 0.3 is 0 Å². The fourth-order valence-electron chi connectivity index (χ4n) is 2.76. The summed E-state index contributed by atoms with van der Waals surface area (Å²) in [5.74, 6) is 0.962. The van der Waals surface area contributed by atoms with Crippen LogP contribution >= 0.6 is 11.3 Å². The fourth-order valence-corrected chi connectivity index (χ4v) is 3.50. The molecule has 4 rings (SSSR count). The van der Waals surface area contributed by atoms with Crippen molar-refractivity contribution < 1.29 is 0 Å². The summed E-state index contributed by atoms with van der Waals surface area (Å²) in [6.45, 7) is 8.84. The SMILES string of the molecule is Cc1cc(NCCc2cn3nc(C)sc3n2)n2nc(C)c(C)c2n1. The van der Waals surface area contributed by atoms with Crippen molar-refractivity contribution >= 4 is 27.8 Å². The molecule has 0 atom stereocenters. The number of anilines is 1. The van der Waals surface area contributed by atoms with E-state index >= 15 is 0 Å². The van der Waals surface area contributed by atoms with Crippen LogP contribution < -0.4 is 5.32 Å². The summed E-state index contributed by atoms with van der Waals surface area (Å²) >= 11 is 1.61. The maximum absolute atomic E-state index is 4.61. The Morgan fingerprint density at radius 2 is 1.96 bits per heavy atom. The minimum absolute atomic E-state index is 0.778. The number of nitrogens with zero attached hydrogens (tertiary/aromatic N) is 6. The molecule has 0 aromatic carbocycles. The third-order valence-electron chi connectivity index (χ3n) is 4.07. The lowest BCUT2D eigenvalue weighted by atomic mass is 10.3. The Bertz CT molecular complexity index is 1010. The number of rotatable bonds is 4. The lowest BCUT2D eigenvalue weighted by Gasteiger charge is -2.08. The van der Waals surface area contributed by atoms with Gasteiger partial charge in [0.25, 0.3) is 0 Å². The highest BCUT2D eigenvalue weighted by Gasteiger charge is 2.11. The standard InChI is InChI=1S/C16H19N7S/c1-9-7-14(23-15(18-9)10(2)11(3)20-23)17-6-5-13-8-22-16(19-13)24-12(4)21-22/h7-8,17H,5-6H2,1-4H3. The van der Waals surface area contributed by atoms with Crippen LogP contribution in [0.15, 0.2) is 12.3 Å². The number of imidazole rings is 1. The molecule has 0 aliphatic heterocycles. The third-order valence-corrected chi connectivity index (χ3v) is 4.90. The molecule has 0 bridgehead atoms. The highest BCUT2D eigenvalue weighted by atomic mass is 32.1. The van der Waals surface area contributed by atoms with E-state index in [-0.39, 0.29) is 0 Å². The van der Waals surface area contributed by atoms with Gasteiger partial charge in [-0.15, -0.1) is 0 Å². The summed E-state index contributed by atoms with van der Waals surface area (Å²) in [7, 11) is 0. The number of hydrogen-bond acceptors (Lipinski definition) is 6. The molecule has 24 heavy (non-hydrogen) atoms. The molecule has 0 aliphatic carbocycles. The summed E-state index contributed by atoms with van der Waals surface area (Å²) in [4.78, 5) is 10.1. The summed E-state index contributed by atoms with van der Waals surface area (Å²) in [5, 5.41) is 13.5. The van der Waals surface area contributed by atoms with Gasteiger partial charge in [0.1, 0.15) is 10.8 Å². The van der Waals surface area contributed by atoms with E-state index in [1.54, 1.807) is 11.3 Å². The van der Waals surface area contributed by atoms with E-state index in [0.29, 0.717) is 0 Å². The van der Waals surface area contributed by atoms with Crippen molar-refractivity contribution in [2.45, 2.75) is 34.1 Å². The van der Waals surface area contributed by atoms with Crippen molar-refractivity contribution in [1.29, 1.82) is 0 Å². The van der Waals surface area contributed by atoms with E-state index in [0.717, 1.165) is 57.0 Å². The molecule has 0 aliphatic rings. The molecule has 4 heterocycles. The van der Waals surface area contributed by atoms with Crippen LogP contribution in [0, 0.1) is 27.7 Å². The van der Waals surface area contributed by atoms with Crippen LogP contribution in [0.25, 0.3) is 10.6 Å². The first-order valence-electron chi connectivity index (χ1n) is 7.90. The Hall–Kier alpha value is -2.48. The van der Waals surface area contributed by atoms with Gasteiger partial charge in [-0.3, -0.25) is 0 Å². The second-order valence-electron chi connectivity index (χ2n) is 5.99. The van der Waals surface area contributed by atoms with Gasteiger partial charge in [0.05, 0.1) is 17.6 Å². The Kier molecular flexibility index (Phi) is 3.49. The van der Waals surface area contributed by atoms with E-state index in [1.807, 2.05) is 42.1 Å². The fraction of sp³-hybridized carbons (Fsp3) is 0.375. The molecule has 4 aromatic rings. The molecular formula is C16H19N7S. The topological polar surface area (TPSA) is 72.4 Å². The zero-order valence-electron chi connectivity index (χ0n) is 14.2. The second kappa shape index (κ2) is 5.55. The zero-order valence-corrected chi connectivity index (χ0v) is 15.0. The maximum Gasteiger partial charge on any atom is 0.212 e. The van der Waals surface area contributed by atoms with Gasteiger partial charge in [-0.2, -0.15) is 14.7 Å². The molecule has 0 radical (unpaired) electrons. The van der Waals surface area contributed by atoms with Crippen LogP contribution in [0.2, 0.25) is 0 Å². The van der Waals surface area contributed by atoms with E-state index in [1.165, 1.54) is 0 Å². The smallest absolute Gasteiger partial charge is 0.212 e. The minimum Gasteiger partial charge on any atom is -0.370 e. The summed E-state index contributed by atoms with van der Waals surface area (Å²) < 4.78 is 3.73. The predicted octanol–water partition coefficient (Wildman–Crippen LogP) is 2.72. The summed E-state index contributed by atoms with van der Waals surface area (Å²) in [6.07, 6.45) is 2.83. The summed E-state index contributed by atoms with van der Waals surface area (Å²) in [6, 6.07) is 2.02. The normalized spacial score (nSPS) is 11.7. The maximum atomic E-state index is 4.61. The van der Waals surface area contributed by atoms with Gasteiger partial charge in [0, 0.05) is 30.3 Å². The van der Waals surface area contributed by atoms with Crippen LogP contribution in [0.5, 0.6) is 0 Å². The van der Waals surface area contributed by atoms with Crippen LogP contribution in [0.1, 0.15) is 27.7 Å². The van der Waals surface area contributed by atoms with Crippen LogP contribution in [0.3, 0.4) is 0 Å². The molecule has 0 amide bonds. The van der Waals surface area contributed by atoms with Gasteiger partial charge in [-0.1, -0.05) is 11.3 Å². The molecule has 1 N–H and O–H groups in total. The van der Waals surface area contributed by atoms with Gasteiger partial charge in [-0.25, -0.2) is 14.5 Å². The first-order chi connectivity index (χ1) is 11.5. The number of aromatic nitrogens is 6. The van der Waals surface area contributed by atoms with Crippen LogP contribution in [-0.4, -0.2) is 35.7 Å². The van der Waals surface area contributed by atoms with Crippen molar-refractivity contribution in [2.75, 3.05) is 11.9 Å². The van der Waals surface area contributed by atoms with Crippen molar-refractivity contribution in [1.82, 2.24) is 29.2 Å². The monoisotopic (exact) mass is 341 g/mol. The molecule has 0 fully saturated rings. The molecule has 0 saturated carbocycles.